The molecule has 4 nitrogen and oxygen atoms in total. The summed E-state index contributed by atoms with van der Waals surface area (Å²) in [4.78, 5) is 6.61. The Bertz CT molecular complexity index is 555. The molecule has 2 fully saturated rings. The standard InChI is InChI=1S/C15H17ClN2O2/c1-15(10-20-11-15)3-2-13-14(8-12(16)9-17-13)18-4-6-19-7-5-18/h8-9H,4-7,10-11H2,1H3. The van der Waals surface area contributed by atoms with E-state index < -0.39 is 0 Å². The molecule has 2 saturated heterocycles. The maximum Gasteiger partial charge on any atom is 0.136 e. The first kappa shape index (κ1) is 13.7. The van der Waals surface area contributed by atoms with Crippen LogP contribution in [0.25, 0.3) is 0 Å². The van der Waals surface area contributed by atoms with Crippen LogP contribution < -0.4 is 4.90 Å². The van der Waals surface area contributed by atoms with Gasteiger partial charge in [0.1, 0.15) is 5.69 Å². The van der Waals surface area contributed by atoms with E-state index in [4.69, 9.17) is 21.1 Å². The van der Waals surface area contributed by atoms with E-state index in [1.54, 1.807) is 6.20 Å². The highest BCUT2D eigenvalue weighted by atomic mass is 35.5. The van der Waals surface area contributed by atoms with Crippen molar-refractivity contribution < 1.29 is 9.47 Å². The van der Waals surface area contributed by atoms with Crippen molar-refractivity contribution in [1.29, 1.82) is 0 Å². The van der Waals surface area contributed by atoms with Crippen LogP contribution in [0.1, 0.15) is 12.6 Å². The summed E-state index contributed by atoms with van der Waals surface area (Å²) < 4.78 is 10.6. The van der Waals surface area contributed by atoms with Crippen molar-refractivity contribution in [3.63, 3.8) is 0 Å². The maximum atomic E-state index is 6.08. The van der Waals surface area contributed by atoms with Gasteiger partial charge in [-0.2, -0.15) is 0 Å². The number of rotatable bonds is 1. The fraction of sp³-hybridized carbons (Fsp3) is 0.533. The molecule has 0 atom stereocenters. The summed E-state index contributed by atoms with van der Waals surface area (Å²) in [6.45, 7) is 6.64. The zero-order valence-electron chi connectivity index (χ0n) is 11.5. The molecule has 106 valence electrons. The minimum atomic E-state index is -0.0381. The van der Waals surface area contributed by atoms with Crippen LogP contribution >= 0.6 is 11.6 Å². The van der Waals surface area contributed by atoms with E-state index in [1.165, 1.54) is 0 Å². The van der Waals surface area contributed by atoms with Crippen LogP contribution in [0.4, 0.5) is 5.69 Å². The summed E-state index contributed by atoms with van der Waals surface area (Å²) in [6, 6.07) is 1.93. The quantitative estimate of drug-likeness (QED) is 0.741. The van der Waals surface area contributed by atoms with Gasteiger partial charge in [-0.1, -0.05) is 17.5 Å². The van der Waals surface area contributed by atoms with Gasteiger partial charge in [0, 0.05) is 19.3 Å². The molecule has 1 aromatic rings. The Hall–Kier alpha value is -1.28. The average molecular weight is 293 g/mol. The lowest BCUT2D eigenvalue weighted by molar-refractivity contribution is -0.0648. The van der Waals surface area contributed by atoms with E-state index >= 15 is 0 Å². The first-order valence-electron chi connectivity index (χ1n) is 6.75. The molecule has 1 aromatic heterocycles. The van der Waals surface area contributed by atoms with E-state index in [-0.39, 0.29) is 5.41 Å². The number of pyridine rings is 1. The molecule has 5 heteroatoms. The van der Waals surface area contributed by atoms with Gasteiger partial charge in [-0.25, -0.2) is 4.98 Å². The predicted molar refractivity (Wildman–Crippen MR) is 78.1 cm³/mol. The molecule has 3 rings (SSSR count). The summed E-state index contributed by atoms with van der Waals surface area (Å²) in [7, 11) is 0. The number of ether oxygens (including phenoxy) is 2. The van der Waals surface area contributed by atoms with Crippen LogP contribution in [-0.4, -0.2) is 44.5 Å². The highest BCUT2D eigenvalue weighted by molar-refractivity contribution is 6.30. The summed E-state index contributed by atoms with van der Waals surface area (Å²) in [5.41, 5.74) is 1.74. The molecule has 0 radical (unpaired) electrons. The number of halogens is 1. The van der Waals surface area contributed by atoms with Gasteiger partial charge >= 0.3 is 0 Å². The fourth-order valence-corrected chi connectivity index (χ4v) is 2.41. The molecule has 0 amide bonds. The lowest BCUT2D eigenvalue weighted by Crippen LogP contribution is -2.38. The molecule has 0 spiro atoms. The van der Waals surface area contributed by atoms with Crippen molar-refractivity contribution in [2.75, 3.05) is 44.4 Å². The van der Waals surface area contributed by atoms with Gasteiger partial charge in [-0.3, -0.25) is 0 Å². The van der Waals surface area contributed by atoms with Gasteiger partial charge in [0.05, 0.1) is 42.6 Å². The zero-order valence-corrected chi connectivity index (χ0v) is 12.2. The summed E-state index contributed by atoms with van der Waals surface area (Å²) in [5.74, 6) is 6.47. The summed E-state index contributed by atoms with van der Waals surface area (Å²) in [6.07, 6.45) is 1.65. The van der Waals surface area contributed by atoms with Crippen molar-refractivity contribution in [3.05, 3.63) is 23.0 Å². The second-order valence-electron chi connectivity index (χ2n) is 5.42. The van der Waals surface area contributed by atoms with Crippen LogP contribution in [0.15, 0.2) is 12.3 Å². The number of hydrogen-bond acceptors (Lipinski definition) is 4. The summed E-state index contributed by atoms with van der Waals surface area (Å²) in [5, 5.41) is 0.634. The van der Waals surface area contributed by atoms with Gasteiger partial charge < -0.3 is 14.4 Å². The van der Waals surface area contributed by atoms with Crippen LogP contribution in [0.3, 0.4) is 0 Å². The normalized spacial score (nSPS) is 20.8. The smallest absolute Gasteiger partial charge is 0.136 e. The maximum absolute atomic E-state index is 6.08. The van der Waals surface area contributed by atoms with Gasteiger partial charge in [0.25, 0.3) is 0 Å². The molecule has 3 heterocycles. The number of morpholine rings is 1. The lowest BCUT2D eigenvalue weighted by Gasteiger charge is -2.33. The Balaban J connectivity index is 1.89. The van der Waals surface area contributed by atoms with Crippen LogP contribution in [0, 0.1) is 17.3 Å². The Morgan fingerprint density at radius 3 is 2.70 bits per heavy atom. The predicted octanol–water partition coefficient (Wildman–Crippen LogP) is 1.96. The van der Waals surface area contributed by atoms with Crippen LogP contribution in [-0.2, 0) is 9.47 Å². The molecule has 0 aliphatic carbocycles. The first-order chi connectivity index (χ1) is 9.66. The number of nitrogens with zero attached hydrogens (tertiary/aromatic N) is 2. The Labute approximate surface area is 124 Å². The molecule has 0 N–H and O–H groups in total. The third kappa shape index (κ3) is 2.90. The van der Waals surface area contributed by atoms with Gasteiger partial charge in [-0.15, -0.1) is 0 Å². The molecule has 0 aromatic carbocycles. The zero-order chi connectivity index (χ0) is 14.0. The van der Waals surface area contributed by atoms with Crippen molar-refractivity contribution in [3.8, 4) is 11.8 Å². The van der Waals surface area contributed by atoms with Gasteiger partial charge in [0.15, 0.2) is 0 Å². The first-order valence-corrected chi connectivity index (χ1v) is 7.13. The van der Waals surface area contributed by atoms with E-state index in [0.29, 0.717) is 18.2 Å². The molecule has 0 unspecified atom stereocenters. The van der Waals surface area contributed by atoms with E-state index in [1.807, 2.05) is 6.07 Å². The SMILES string of the molecule is CC1(C#Cc2ncc(Cl)cc2N2CCOCC2)COC1. The average Bonchev–Trinajstić information content (AvgIpc) is 2.45. The highest BCUT2D eigenvalue weighted by Gasteiger charge is 2.31. The molecule has 2 aliphatic rings. The molecule has 20 heavy (non-hydrogen) atoms. The van der Waals surface area contributed by atoms with Crippen LogP contribution in [0.2, 0.25) is 5.02 Å². The third-order valence-electron chi connectivity index (χ3n) is 3.51. The molecular formula is C15H17ClN2O2. The van der Waals surface area contributed by atoms with Crippen molar-refractivity contribution in [2.24, 2.45) is 5.41 Å². The van der Waals surface area contributed by atoms with E-state index in [9.17, 15) is 0 Å². The van der Waals surface area contributed by atoms with Gasteiger partial charge in [0.2, 0.25) is 0 Å². The van der Waals surface area contributed by atoms with E-state index in [0.717, 1.165) is 37.7 Å². The molecule has 0 bridgehead atoms. The number of anilines is 1. The number of hydrogen-bond donors (Lipinski definition) is 0. The van der Waals surface area contributed by atoms with Crippen molar-refractivity contribution >= 4 is 17.3 Å². The highest BCUT2D eigenvalue weighted by Crippen LogP contribution is 2.27. The topological polar surface area (TPSA) is 34.6 Å². The van der Waals surface area contributed by atoms with E-state index in [2.05, 4.69) is 28.6 Å². The third-order valence-corrected chi connectivity index (χ3v) is 3.72. The fourth-order valence-electron chi connectivity index (χ4n) is 2.26. The Kier molecular flexibility index (Phi) is 3.84. The largest absolute Gasteiger partial charge is 0.378 e. The van der Waals surface area contributed by atoms with Crippen molar-refractivity contribution in [1.82, 2.24) is 4.98 Å². The number of aromatic nitrogens is 1. The minimum absolute atomic E-state index is 0.0381. The second-order valence-corrected chi connectivity index (χ2v) is 5.86. The molecule has 0 saturated carbocycles. The lowest BCUT2D eigenvalue weighted by atomic mass is 9.89. The van der Waals surface area contributed by atoms with Crippen molar-refractivity contribution in [2.45, 2.75) is 6.92 Å². The monoisotopic (exact) mass is 292 g/mol. The van der Waals surface area contributed by atoms with Crippen LogP contribution in [0.5, 0.6) is 0 Å². The second kappa shape index (κ2) is 5.61. The Morgan fingerprint density at radius 2 is 2.05 bits per heavy atom. The van der Waals surface area contributed by atoms with Gasteiger partial charge in [-0.05, 0) is 18.9 Å². The minimum Gasteiger partial charge on any atom is -0.378 e. The molecular weight excluding hydrogens is 276 g/mol. The summed E-state index contributed by atoms with van der Waals surface area (Å²) >= 11 is 6.08. The molecule has 2 aliphatic heterocycles. The Morgan fingerprint density at radius 1 is 1.30 bits per heavy atom.